The third-order valence-corrected chi connectivity index (χ3v) is 6.55. The molecule has 0 N–H and O–H groups in total. The Balaban J connectivity index is 1.74. The van der Waals surface area contributed by atoms with E-state index in [1.165, 1.54) is 0 Å². The zero-order valence-electron chi connectivity index (χ0n) is 19.9. The summed E-state index contributed by atoms with van der Waals surface area (Å²) in [4.78, 5) is 16.0. The molecule has 3 heteroatoms. The van der Waals surface area contributed by atoms with Crippen molar-refractivity contribution in [3.63, 3.8) is 0 Å². The molecule has 1 atom stereocenters. The van der Waals surface area contributed by atoms with Gasteiger partial charge in [-0.3, -0.25) is 4.79 Å². The van der Waals surface area contributed by atoms with E-state index >= 15 is 0 Å². The molecule has 0 aliphatic carbocycles. The molecule has 0 saturated heterocycles. The summed E-state index contributed by atoms with van der Waals surface area (Å²) in [5.41, 5.74) is 4.84. The summed E-state index contributed by atoms with van der Waals surface area (Å²) in [5, 5.41) is 0. The van der Waals surface area contributed by atoms with Gasteiger partial charge in [0.2, 0.25) is 0 Å². The van der Waals surface area contributed by atoms with Crippen molar-refractivity contribution in [2.24, 2.45) is 0 Å². The first-order valence-electron chi connectivity index (χ1n) is 11.7. The van der Waals surface area contributed by atoms with Gasteiger partial charge in [-0.25, -0.2) is 0 Å². The molecule has 1 aliphatic heterocycles. The van der Waals surface area contributed by atoms with E-state index in [-0.39, 0.29) is 5.78 Å². The molecule has 3 nitrogen and oxygen atoms in total. The number of rotatable bonds is 6. The van der Waals surface area contributed by atoms with Gasteiger partial charge in [-0.05, 0) is 54.0 Å². The molecular weight excluding hydrogens is 430 g/mol. The smallest absolute Gasteiger partial charge is 0.195 e. The van der Waals surface area contributed by atoms with Crippen molar-refractivity contribution in [3.8, 4) is 5.75 Å². The molecule has 1 aliphatic rings. The summed E-state index contributed by atoms with van der Waals surface area (Å²) in [7, 11) is 1.66. The Labute approximate surface area is 206 Å². The number of benzene rings is 4. The SMILES string of the molecule is COc1ccc(N2C=C(C(=O)c3ccccc3)C(c3ccccc3)=CC2(C)c2ccccc2)cc1. The number of ether oxygens (including phenoxy) is 1. The summed E-state index contributed by atoms with van der Waals surface area (Å²) in [6.07, 6.45) is 4.23. The number of ketones is 1. The lowest BCUT2D eigenvalue weighted by Crippen LogP contribution is -2.42. The van der Waals surface area contributed by atoms with Gasteiger partial charge in [0.25, 0.3) is 0 Å². The van der Waals surface area contributed by atoms with Crippen molar-refractivity contribution in [2.45, 2.75) is 12.5 Å². The second kappa shape index (κ2) is 9.47. The predicted molar refractivity (Wildman–Crippen MR) is 143 cm³/mol. The highest BCUT2D eigenvalue weighted by Gasteiger charge is 2.37. The Bertz CT molecular complexity index is 1370. The monoisotopic (exact) mass is 457 g/mol. The first-order chi connectivity index (χ1) is 17.1. The van der Waals surface area contributed by atoms with Crippen LogP contribution in [-0.4, -0.2) is 12.9 Å². The van der Waals surface area contributed by atoms with Crippen LogP contribution in [0.2, 0.25) is 0 Å². The first kappa shape index (κ1) is 22.4. The van der Waals surface area contributed by atoms with Crippen molar-refractivity contribution in [1.82, 2.24) is 0 Å². The molecule has 0 fully saturated rings. The maximum atomic E-state index is 13.9. The zero-order valence-corrected chi connectivity index (χ0v) is 19.9. The normalized spacial score (nSPS) is 17.4. The third kappa shape index (κ3) is 4.29. The molecule has 172 valence electrons. The number of anilines is 1. The maximum absolute atomic E-state index is 13.9. The molecule has 0 radical (unpaired) electrons. The molecule has 0 spiro atoms. The second-order valence-corrected chi connectivity index (χ2v) is 8.74. The maximum Gasteiger partial charge on any atom is 0.195 e. The Morgan fingerprint density at radius 2 is 1.31 bits per heavy atom. The summed E-state index contributed by atoms with van der Waals surface area (Å²) < 4.78 is 5.39. The molecular formula is C32H27NO2. The summed E-state index contributed by atoms with van der Waals surface area (Å²) in [6.45, 7) is 2.19. The van der Waals surface area contributed by atoms with Gasteiger partial charge < -0.3 is 9.64 Å². The van der Waals surface area contributed by atoms with Crippen LogP contribution in [0.25, 0.3) is 5.57 Å². The number of methoxy groups -OCH3 is 1. The second-order valence-electron chi connectivity index (χ2n) is 8.74. The predicted octanol–water partition coefficient (Wildman–Crippen LogP) is 7.28. The fourth-order valence-corrected chi connectivity index (χ4v) is 4.63. The van der Waals surface area contributed by atoms with Crippen molar-refractivity contribution in [2.75, 3.05) is 12.0 Å². The van der Waals surface area contributed by atoms with Gasteiger partial charge in [0.05, 0.1) is 12.6 Å². The number of nitrogens with zero attached hydrogens (tertiary/aromatic N) is 1. The lowest BCUT2D eigenvalue weighted by Gasteiger charge is -2.43. The summed E-state index contributed by atoms with van der Waals surface area (Å²) in [5.74, 6) is 0.784. The topological polar surface area (TPSA) is 29.5 Å². The van der Waals surface area contributed by atoms with Crippen LogP contribution in [0.1, 0.15) is 28.4 Å². The van der Waals surface area contributed by atoms with E-state index in [0.717, 1.165) is 28.1 Å². The highest BCUT2D eigenvalue weighted by Crippen LogP contribution is 2.44. The number of Topliss-reactive ketones (excluding diaryl/α,β-unsaturated/α-hetero) is 1. The molecule has 35 heavy (non-hydrogen) atoms. The highest BCUT2D eigenvalue weighted by molar-refractivity contribution is 6.19. The van der Waals surface area contributed by atoms with Crippen LogP contribution < -0.4 is 9.64 Å². The van der Waals surface area contributed by atoms with Gasteiger partial charge >= 0.3 is 0 Å². The molecule has 0 saturated carbocycles. The van der Waals surface area contributed by atoms with E-state index in [0.29, 0.717) is 11.1 Å². The van der Waals surface area contributed by atoms with E-state index in [1.807, 2.05) is 85.1 Å². The van der Waals surface area contributed by atoms with Crippen molar-refractivity contribution < 1.29 is 9.53 Å². The minimum atomic E-state index is -0.526. The van der Waals surface area contributed by atoms with Crippen molar-refractivity contribution in [1.29, 1.82) is 0 Å². The fourth-order valence-electron chi connectivity index (χ4n) is 4.63. The summed E-state index contributed by atoms with van der Waals surface area (Å²) >= 11 is 0. The standard InChI is InChI=1S/C32H27NO2/c1-32(26-16-10-5-11-17-26)22-29(24-12-6-3-7-13-24)30(31(34)25-14-8-4-9-15-25)23-33(32)27-18-20-28(35-2)21-19-27/h3-23H,1-2H3. The highest BCUT2D eigenvalue weighted by atomic mass is 16.5. The van der Waals surface area contributed by atoms with Gasteiger partial charge in [-0.15, -0.1) is 0 Å². The van der Waals surface area contributed by atoms with Crippen LogP contribution in [0, 0.1) is 0 Å². The van der Waals surface area contributed by atoms with E-state index < -0.39 is 5.54 Å². The number of hydrogen-bond acceptors (Lipinski definition) is 3. The molecule has 0 aromatic heterocycles. The largest absolute Gasteiger partial charge is 0.497 e. The fraction of sp³-hybridized carbons (Fsp3) is 0.0938. The molecule has 0 amide bonds. The van der Waals surface area contributed by atoms with Crippen molar-refractivity contribution in [3.05, 3.63) is 150 Å². The van der Waals surface area contributed by atoms with Gasteiger partial charge in [-0.2, -0.15) is 0 Å². The zero-order chi connectivity index (χ0) is 24.3. The van der Waals surface area contributed by atoms with Gasteiger partial charge in [-0.1, -0.05) is 91.0 Å². The Morgan fingerprint density at radius 1 is 0.743 bits per heavy atom. The molecule has 0 bridgehead atoms. The molecule has 1 unspecified atom stereocenters. The van der Waals surface area contributed by atoms with Gasteiger partial charge in [0.15, 0.2) is 5.78 Å². The quantitative estimate of drug-likeness (QED) is 0.285. The van der Waals surface area contributed by atoms with Crippen LogP contribution >= 0.6 is 0 Å². The lowest BCUT2D eigenvalue weighted by atomic mass is 9.80. The van der Waals surface area contributed by atoms with E-state index in [9.17, 15) is 4.79 Å². The number of allylic oxidation sites excluding steroid dienone is 2. The van der Waals surface area contributed by atoms with E-state index in [1.54, 1.807) is 7.11 Å². The molecule has 4 aromatic carbocycles. The minimum absolute atomic E-state index is 0.00525. The van der Waals surface area contributed by atoms with Crippen LogP contribution in [-0.2, 0) is 5.54 Å². The van der Waals surface area contributed by atoms with Crippen LogP contribution in [0.4, 0.5) is 5.69 Å². The number of carbonyl (C=O) groups excluding carboxylic acids is 1. The van der Waals surface area contributed by atoms with E-state index in [2.05, 4.69) is 54.3 Å². The number of carbonyl (C=O) groups is 1. The lowest BCUT2D eigenvalue weighted by molar-refractivity contribution is 0.103. The average molecular weight is 458 g/mol. The van der Waals surface area contributed by atoms with Gasteiger partial charge in [0, 0.05) is 23.0 Å². The average Bonchev–Trinajstić information content (AvgIpc) is 2.94. The third-order valence-electron chi connectivity index (χ3n) is 6.55. The molecule has 1 heterocycles. The Morgan fingerprint density at radius 3 is 1.91 bits per heavy atom. The van der Waals surface area contributed by atoms with Crippen LogP contribution in [0.3, 0.4) is 0 Å². The molecule has 5 rings (SSSR count). The Hall–Kier alpha value is -4.37. The number of hydrogen-bond donors (Lipinski definition) is 0. The van der Waals surface area contributed by atoms with Crippen molar-refractivity contribution >= 4 is 17.0 Å². The van der Waals surface area contributed by atoms with Gasteiger partial charge in [0.1, 0.15) is 5.75 Å². The minimum Gasteiger partial charge on any atom is -0.497 e. The Kier molecular flexibility index (Phi) is 6.07. The van der Waals surface area contributed by atoms with Crippen LogP contribution in [0.5, 0.6) is 5.75 Å². The van der Waals surface area contributed by atoms with Crippen LogP contribution in [0.15, 0.2) is 133 Å². The molecule has 4 aromatic rings. The summed E-state index contributed by atoms with van der Waals surface area (Å²) in [6, 6.07) is 38.0. The first-order valence-corrected chi connectivity index (χ1v) is 11.7. The van der Waals surface area contributed by atoms with E-state index in [4.69, 9.17) is 4.74 Å².